The maximum Gasteiger partial charge on any atom is 0.321 e. The van der Waals surface area contributed by atoms with E-state index in [2.05, 4.69) is 16.0 Å². The van der Waals surface area contributed by atoms with Crippen LogP contribution in [0.2, 0.25) is 0 Å². The maximum absolute atomic E-state index is 11.7. The molecule has 1 aliphatic rings. The predicted molar refractivity (Wildman–Crippen MR) is 70.1 cm³/mol. The standard InChI is InChI=1S/C12H22N4O3/c1-7(11(18)16-12(19)14-2)15-9-5-3-8(4-6-9)10(13)17/h7-9,15H,3-6H2,1-2H3,(H2,13,17)(H2,14,16,18,19). The number of carbonyl (C=O) groups is 3. The van der Waals surface area contributed by atoms with E-state index < -0.39 is 12.1 Å². The molecule has 1 rings (SSSR count). The number of imide groups is 1. The lowest BCUT2D eigenvalue weighted by molar-refractivity contribution is -0.124. The van der Waals surface area contributed by atoms with E-state index in [0.717, 1.165) is 25.7 Å². The summed E-state index contributed by atoms with van der Waals surface area (Å²) in [5.41, 5.74) is 5.26. The molecular formula is C12H22N4O3. The van der Waals surface area contributed by atoms with Crippen molar-refractivity contribution in [2.24, 2.45) is 11.7 Å². The Labute approximate surface area is 112 Å². The van der Waals surface area contributed by atoms with Crippen molar-refractivity contribution in [1.29, 1.82) is 0 Å². The van der Waals surface area contributed by atoms with Crippen LogP contribution in [-0.2, 0) is 9.59 Å². The third kappa shape index (κ3) is 4.86. The van der Waals surface area contributed by atoms with Crippen molar-refractivity contribution in [2.45, 2.75) is 44.7 Å². The second kappa shape index (κ2) is 7.08. The van der Waals surface area contributed by atoms with Crippen molar-refractivity contribution in [3.8, 4) is 0 Å². The first-order valence-electron chi connectivity index (χ1n) is 6.52. The van der Waals surface area contributed by atoms with Crippen LogP contribution in [0.1, 0.15) is 32.6 Å². The average molecular weight is 270 g/mol. The molecule has 5 N–H and O–H groups in total. The molecule has 108 valence electrons. The second-order valence-corrected chi connectivity index (χ2v) is 4.91. The number of nitrogens with one attached hydrogen (secondary N) is 3. The first-order chi connectivity index (χ1) is 8.93. The van der Waals surface area contributed by atoms with E-state index in [1.807, 2.05) is 0 Å². The zero-order valence-corrected chi connectivity index (χ0v) is 11.4. The minimum Gasteiger partial charge on any atom is -0.369 e. The quantitative estimate of drug-likeness (QED) is 0.549. The van der Waals surface area contributed by atoms with Crippen LogP contribution in [0.4, 0.5) is 4.79 Å². The van der Waals surface area contributed by atoms with Crippen LogP contribution in [0, 0.1) is 5.92 Å². The van der Waals surface area contributed by atoms with Crippen LogP contribution in [0.25, 0.3) is 0 Å². The lowest BCUT2D eigenvalue weighted by Gasteiger charge is -2.29. The summed E-state index contributed by atoms with van der Waals surface area (Å²) >= 11 is 0. The summed E-state index contributed by atoms with van der Waals surface area (Å²) in [6.45, 7) is 1.71. The van der Waals surface area contributed by atoms with Crippen LogP contribution in [0.5, 0.6) is 0 Å². The lowest BCUT2D eigenvalue weighted by Crippen LogP contribution is -2.50. The highest BCUT2D eigenvalue weighted by atomic mass is 16.2. The second-order valence-electron chi connectivity index (χ2n) is 4.91. The number of rotatable bonds is 4. The van der Waals surface area contributed by atoms with E-state index in [-0.39, 0.29) is 23.8 Å². The number of amides is 4. The summed E-state index contributed by atoms with van der Waals surface area (Å²) in [6.07, 6.45) is 3.12. The van der Waals surface area contributed by atoms with E-state index in [4.69, 9.17) is 5.73 Å². The first-order valence-corrected chi connectivity index (χ1v) is 6.52. The predicted octanol–water partition coefficient (Wildman–Crippen LogP) is -0.536. The molecule has 1 fully saturated rings. The molecule has 1 atom stereocenters. The fourth-order valence-corrected chi connectivity index (χ4v) is 2.26. The Kier molecular flexibility index (Phi) is 5.75. The Morgan fingerprint density at radius 3 is 2.21 bits per heavy atom. The monoisotopic (exact) mass is 270 g/mol. The molecule has 7 heteroatoms. The lowest BCUT2D eigenvalue weighted by atomic mass is 9.85. The molecule has 0 aromatic rings. The van der Waals surface area contributed by atoms with Crippen LogP contribution < -0.4 is 21.7 Å². The van der Waals surface area contributed by atoms with Crippen LogP contribution in [0.3, 0.4) is 0 Å². The fraction of sp³-hybridized carbons (Fsp3) is 0.750. The summed E-state index contributed by atoms with van der Waals surface area (Å²) in [5, 5.41) is 7.71. The summed E-state index contributed by atoms with van der Waals surface area (Å²) in [5.74, 6) is -0.659. The normalized spacial score (nSPS) is 24.3. The Hall–Kier alpha value is -1.63. The Morgan fingerprint density at radius 1 is 1.16 bits per heavy atom. The molecule has 7 nitrogen and oxygen atoms in total. The molecule has 0 bridgehead atoms. The third-order valence-corrected chi connectivity index (χ3v) is 3.47. The van der Waals surface area contributed by atoms with Gasteiger partial charge in [-0.3, -0.25) is 14.9 Å². The number of urea groups is 1. The van der Waals surface area contributed by atoms with Gasteiger partial charge >= 0.3 is 6.03 Å². The fourth-order valence-electron chi connectivity index (χ4n) is 2.26. The van der Waals surface area contributed by atoms with Gasteiger partial charge in [0.15, 0.2) is 0 Å². The molecule has 0 aliphatic heterocycles. The van der Waals surface area contributed by atoms with Gasteiger partial charge in [0.25, 0.3) is 0 Å². The molecule has 19 heavy (non-hydrogen) atoms. The van der Waals surface area contributed by atoms with Gasteiger partial charge in [-0.05, 0) is 32.6 Å². The van der Waals surface area contributed by atoms with Gasteiger partial charge in [-0.2, -0.15) is 0 Å². The van der Waals surface area contributed by atoms with Crippen molar-refractivity contribution < 1.29 is 14.4 Å². The third-order valence-electron chi connectivity index (χ3n) is 3.47. The smallest absolute Gasteiger partial charge is 0.321 e. The van der Waals surface area contributed by atoms with Crippen molar-refractivity contribution in [3.63, 3.8) is 0 Å². The maximum atomic E-state index is 11.7. The van der Waals surface area contributed by atoms with Gasteiger partial charge in [-0.15, -0.1) is 0 Å². The van der Waals surface area contributed by atoms with Gasteiger partial charge < -0.3 is 16.4 Å². The molecule has 1 saturated carbocycles. The molecule has 1 unspecified atom stereocenters. The number of hydrogen-bond donors (Lipinski definition) is 4. The van der Waals surface area contributed by atoms with Gasteiger partial charge in [0.2, 0.25) is 11.8 Å². The number of carbonyl (C=O) groups excluding carboxylic acids is 3. The van der Waals surface area contributed by atoms with Crippen molar-refractivity contribution in [3.05, 3.63) is 0 Å². The topological polar surface area (TPSA) is 113 Å². The van der Waals surface area contributed by atoms with Crippen molar-refractivity contribution >= 4 is 17.8 Å². The van der Waals surface area contributed by atoms with Crippen LogP contribution in [-0.4, -0.2) is 37.0 Å². The van der Waals surface area contributed by atoms with Gasteiger partial charge in [-0.25, -0.2) is 4.79 Å². The average Bonchev–Trinajstić information content (AvgIpc) is 2.38. The summed E-state index contributed by atoms with van der Waals surface area (Å²) < 4.78 is 0. The zero-order valence-electron chi connectivity index (χ0n) is 11.4. The van der Waals surface area contributed by atoms with E-state index in [0.29, 0.717) is 0 Å². The molecule has 0 heterocycles. The molecule has 0 spiro atoms. The zero-order chi connectivity index (χ0) is 14.4. The molecule has 0 radical (unpaired) electrons. The van der Waals surface area contributed by atoms with Gasteiger partial charge in [0, 0.05) is 19.0 Å². The minimum atomic E-state index is -0.518. The molecule has 4 amide bonds. The van der Waals surface area contributed by atoms with Crippen molar-refractivity contribution in [2.75, 3.05) is 7.05 Å². The highest BCUT2D eigenvalue weighted by Gasteiger charge is 2.26. The molecular weight excluding hydrogens is 248 g/mol. The molecule has 1 aliphatic carbocycles. The minimum absolute atomic E-state index is 0.0481. The number of hydrogen-bond acceptors (Lipinski definition) is 4. The number of nitrogens with two attached hydrogens (primary N) is 1. The van der Waals surface area contributed by atoms with E-state index in [1.54, 1.807) is 6.92 Å². The Bertz CT molecular complexity index is 351. The highest BCUT2D eigenvalue weighted by Crippen LogP contribution is 2.24. The summed E-state index contributed by atoms with van der Waals surface area (Å²) in [6, 6.07) is -0.787. The largest absolute Gasteiger partial charge is 0.369 e. The molecule has 0 aromatic heterocycles. The van der Waals surface area contributed by atoms with Crippen LogP contribution in [0.15, 0.2) is 0 Å². The Balaban J connectivity index is 2.34. The van der Waals surface area contributed by atoms with E-state index in [1.165, 1.54) is 7.05 Å². The molecule has 0 aromatic carbocycles. The molecule has 0 saturated heterocycles. The van der Waals surface area contributed by atoms with E-state index in [9.17, 15) is 14.4 Å². The first kappa shape index (κ1) is 15.4. The SMILES string of the molecule is CNC(=O)NC(=O)C(C)NC1CCC(C(N)=O)CC1. The van der Waals surface area contributed by atoms with Gasteiger partial charge in [0.05, 0.1) is 6.04 Å². The van der Waals surface area contributed by atoms with Crippen LogP contribution >= 0.6 is 0 Å². The summed E-state index contributed by atoms with van der Waals surface area (Å²) in [7, 11) is 1.45. The Morgan fingerprint density at radius 2 is 1.74 bits per heavy atom. The van der Waals surface area contributed by atoms with Gasteiger partial charge in [-0.1, -0.05) is 0 Å². The van der Waals surface area contributed by atoms with E-state index >= 15 is 0 Å². The number of primary amides is 1. The van der Waals surface area contributed by atoms with Crippen molar-refractivity contribution in [1.82, 2.24) is 16.0 Å². The van der Waals surface area contributed by atoms with Gasteiger partial charge in [0.1, 0.15) is 0 Å². The highest BCUT2D eigenvalue weighted by molar-refractivity contribution is 5.96. The summed E-state index contributed by atoms with van der Waals surface area (Å²) in [4.78, 5) is 33.7.